The van der Waals surface area contributed by atoms with Crippen LogP contribution in [0.2, 0.25) is 5.15 Å². The van der Waals surface area contributed by atoms with Crippen LogP contribution in [0.4, 0.5) is 5.69 Å². The van der Waals surface area contributed by atoms with E-state index in [1.807, 2.05) is 0 Å². The monoisotopic (exact) mass is 288 g/mol. The molecule has 0 atom stereocenters. The van der Waals surface area contributed by atoms with E-state index < -0.39 is 10.1 Å². The number of anilines is 1. The van der Waals surface area contributed by atoms with Gasteiger partial charge < -0.3 is 5.73 Å². The molecule has 1 heterocycles. The van der Waals surface area contributed by atoms with Gasteiger partial charge in [-0.05, 0) is 35.5 Å². The molecule has 18 heavy (non-hydrogen) atoms. The number of benzene rings is 1. The second-order valence-electron chi connectivity index (χ2n) is 2.99. The Morgan fingerprint density at radius 3 is 2.11 bits per heavy atom. The van der Waals surface area contributed by atoms with Crippen LogP contribution in [0.15, 0.2) is 41.4 Å². The second kappa shape index (κ2) is 6.24. The fourth-order valence-corrected chi connectivity index (χ4v) is 1.44. The Kier molecular flexibility index (Phi) is 4.95. The average molecular weight is 289 g/mol. The Bertz CT molecular complexity index is 589. The van der Waals surface area contributed by atoms with Crippen molar-refractivity contribution in [3.05, 3.63) is 41.7 Å². The summed E-state index contributed by atoms with van der Waals surface area (Å²) in [6.45, 7) is 0. The van der Waals surface area contributed by atoms with Crippen molar-refractivity contribution in [3.63, 3.8) is 0 Å². The van der Waals surface area contributed by atoms with Crippen LogP contribution >= 0.6 is 11.6 Å². The van der Waals surface area contributed by atoms with E-state index in [0.29, 0.717) is 10.8 Å². The third-order valence-corrected chi connectivity index (χ3v) is 2.72. The van der Waals surface area contributed by atoms with Crippen LogP contribution < -0.4 is 5.73 Å². The minimum absolute atomic E-state index is 0.147. The first-order chi connectivity index (χ1) is 8.39. The molecule has 0 unspecified atom stereocenters. The highest BCUT2D eigenvalue weighted by Crippen LogP contribution is 2.10. The minimum Gasteiger partial charge on any atom is -0.399 e. The lowest BCUT2D eigenvalue weighted by molar-refractivity contribution is 0.483. The number of aromatic nitrogens is 3. The molecule has 0 aliphatic heterocycles. The van der Waals surface area contributed by atoms with Gasteiger partial charge in [0.25, 0.3) is 10.1 Å². The van der Waals surface area contributed by atoms with Crippen molar-refractivity contribution in [1.82, 2.24) is 15.4 Å². The van der Waals surface area contributed by atoms with Gasteiger partial charge >= 0.3 is 0 Å². The number of rotatable bonds is 1. The van der Waals surface area contributed by atoms with Crippen molar-refractivity contribution >= 4 is 27.4 Å². The van der Waals surface area contributed by atoms with Crippen LogP contribution in [0.1, 0.15) is 0 Å². The highest BCUT2D eigenvalue weighted by atomic mass is 35.5. The highest BCUT2D eigenvalue weighted by Gasteiger charge is 2.06. The Hall–Kier alpha value is -1.77. The summed E-state index contributed by atoms with van der Waals surface area (Å²) in [6.07, 6.45) is 1.48. The molecule has 3 N–H and O–H groups in total. The summed E-state index contributed by atoms with van der Waals surface area (Å²) in [7, 11) is -4.08. The summed E-state index contributed by atoms with van der Waals surface area (Å²) in [5, 5.41) is 10.4. The van der Waals surface area contributed by atoms with Crippen molar-refractivity contribution in [3.8, 4) is 0 Å². The molecular weight excluding hydrogens is 280 g/mol. The van der Waals surface area contributed by atoms with Crippen LogP contribution in [0, 0.1) is 0 Å². The maximum atomic E-state index is 10.5. The van der Waals surface area contributed by atoms with Crippen LogP contribution in [0.25, 0.3) is 0 Å². The molecule has 0 saturated carbocycles. The van der Waals surface area contributed by atoms with E-state index in [2.05, 4.69) is 15.4 Å². The molecular formula is C9H9ClN4O3S. The molecule has 0 saturated heterocycles. The van der Waals surface area contributed by atoms with Crippen LogP contribution in [0.3, 0.4) is 0 Å². The SMILES string of the molecule is Clc1ccnnn1.Nc1ccc(S(=O)(=O)O)cc1. The van der Waals surface area contributed by atoms with Crippen molar-refractivity contribution in [2.75, 3.05) is 5.73 Å². The number of nitrogens with zero attached hydrogens (tertiary/aromatic N) is 3. The third kappa shape index (κ3) is 5.04. The molecule has 0 spiro atoms. The number of halogens is 1. The molecule has 0 bridgehead atoms. The van der Waals surface area contributed by atoms with Gasteiger partial charge in [-0.25, -0.2) is 0 Å². The quantitative estimate of drug-likeness (QED) is 0.594. The number of hydrogen-bond donors (Lipinski definition) is 2. The normalized spacial score (nSPS) is 10.3. The molecule has 0 fully saturated rings. The molecule has 9 heteroatoms. The standard InChI is InChI=1S/C6H7NO3S.C3H2ClN3/c7-5-1-3-6(4-2-5)11(8,9)10;4-3-1-2-5-7-6-3/h1-4H,7H2,(H,8,9,10);1-2H. The molecule has 1 aromatic heterocycles. The Balaban J connectivity index is 0.000000199. The van der Waals surface area contributed by atoms with E-state index in [-0.39, 0.29) is 4.90 Å². The summed E-state index contributed by atoms with van der Waals surface area (Å²) < 4.78 is 29.4. The summed E-state index contributed by atoms with van der Waals surface area (Å²) in [4.78, 5) is -0.147. The van der Waals surface area contributed by atoms with Gasteiger partial charge in [-0.3, -0.25) is 4.55 Å². The summed E-state index contributed by atoms with van der Waals surface area (Å²) in [6, 6.07) is 6.86. The lowest BCUT2D eigenvalue weighted by atomic mass is 10.3. The molecule has 0 aliphatic carbocycles. The molecule has 2 rings (SSSR count). The molecule has 7 nitrogen and oxygen atoms in total. The van der Waals surface area contributed by atoms with Gasteiger partial charge in [0.1, 0.15) is 0 Å². The first kappa shape index (κ1) is 14.3. The molecule has 96 valence electrons. The predicted molar refractivity (Wildman–Crippen MR) is 65.5 cm³/mol. The van der Waals surface area contributed by atoms with Gasteiger partial charge in [-0.2, -0.15) is 8.42 Å². The van der Waals surface area contributed by atoms with Gasteiger partial charge in [0.05, 0.1) is 11.1 Å². The molecule has 0 aliphatic rings. The maximum Gasteiger partial charge on any atom is 0.294 e. The van der Waals surface area contributed by atoms with E-state index in [0.717, 1.165) is 0 Å². The molecule has 1 aromatic carbocycles. The van der Waals surface area contributed by atoms with E-state index in [9.17, 15) is 8.42 Å². The largest absolute Gasteiger partial charge is 0.399 e. The topological polar surface area (TPSA) is 119 Å². The zero-order valence-electron chi connectivity index (χ0n) is 8.93. The zero-order valence-corrected chi connectivity index (χ0v) is 10.5. The van der Waals surface area contributed by atoms with E-state index in [4.69, 9.17) is 21.9 Å². The van der Waals surface area contributed by atoms with Gasteiger partial charge in [0.15, 0.2) is 5.15 Å². The van der Waals surface area contributed by atoms with Crippen LogP contribution in [0.5, 0.6) is 0 Å². The van der Waals surface area contributed by atoms with Gasteiger partial charge in [-0.15, -0.1) is 10.2 Å². The third-order valence-electron chi connectivity index (χ3n) is 1.65. The van der Waals surface area contributed by atoms with Gasteiger partial charge in [-0.1, -0.05) is 11.6 Å². The first-order valence-corrected chi connectivity index (χ1v) is 6.34. The summed E-state index contributed by atoms with van der Waals surface area (Å²) in [5.41, 5.74) is 5.75. The Labute approximate surface area is 108 Å². The average Bonchev–Trinajstić information content (AvgIpc) is 2.30. The number of nitrogen functional groups attached to an aromatic ring is 1. The van der Waals surface area contributed by atoms with Crippen molar-refractivity contribution in [2.24, 2.45) is 0 Å². The maximum absolute atomic E-state index is 10.5. The van der Waals surface area contributed by atoms with Gasteiger partial charge in [0, 0.05) is 5.69 Å². The molecule has 0 radical (unpaired) electrons. The number of hydrogen-bond acceptors (Lipinski definition) is 6. The van der Waals surface area contributed by atoms with E-state index in [1.165, 1.54) is 30.5 Å². The summed E-state index contributed by atoms with van der Waals surface area (Å²) >= 11 is 5.33. The first-order valence-electron chi connectivity index (χ1n) is 4.52. The Morgan fingerprint density at radius 1 is 1.17 bits per heavy atom. The van der Waals surface area contributed by atoms with E-state index >= 15 is 0 Å². The smallest absolute Gasteiger partial charge is 0.294 e. The van der Waals surface area contributed by atoms with Crippen molar-refractivity contribution in [2.45, 2.75) is 4.90 Å². The Morgan fingerprint density at radius 2 is 1.78 bits per heavy atom. The lowest BCUT2D eigenvalue weighted by Crippen LogP contribution is -1.97. The second-order valence-corrected chi connectivity index (χ2v) is 4.80. The lowest BCUT2D eigenvalue weighted by Gasteiger charge is -1.95. The van der Waals surface area contributed by atoms with Crippen LogP contribution in [-0.2, 0) is 10.1 Å². The predicted octanol–water partition coefficient (Wildman–Crippen LogP) is 1.04. The fourth-order valence-electron chi connectivity index (χ4n) is 0.866. The van der Waals surface area contributed by atoms with E-state index in [1.54, 1.807) is 6.07 Å². The zero-order chi connectivity index (χ0) is 13.6. The number of nitrogens with two attached hydrogens (primary N) is 1. The highest BCUT2D eigenvalue weighted by molar-refractivity contribution is 7.85. The van der Waals surface area contributed by atoms with Crippen molar-refractivity contribution < 1.29 is 13.0 Å². The molecule has 2 aromatic rings. The van der Waals surface area contributed by atoms with Gasteiger partial charge in [0.2, 0.25) is 0 Å². The summed E-state index contributed by atoms with van der Waals surface area (Å²) in [5.74, 6) is 0. The molecule has 0 amide bonds. The van der Waals surface area contributed by atoms with Crippen molar-refractivity contribution in [1.29, 1.82) is 0 Å². The van der Waals surface area contributed by atoms with Crippen LogP contribution in [-0.4, -0.2) is 28.4 Å². The fraction of sp³-hybridized carbons (Fsp3) is 0. The minimum atomic E-state index is -4.08.